The zero-order valence-electron chi connectivity index (χ0n) is 20.4. The summed E-state index contributed by atoms with van der Waals surface area (Å²) >= 11 is 1.86. The zero-order valence-corrected chi connectivity index (χ0v) is 21.2. The predicted molar refractivity (Wildman–Crippen MR) is 160 cm³/mol. The van der Waals surface area contributed by atoms with Crippen LogP contribution >= 0.6 is 11.3 Å². The van der Waals surface area contributed by atoms with Gasteiger partial charge in [-0.1, -0.05) is 97.1 Å². The molecule has 0 saturated heterocycles. The molecule has 178 valence electrons. The van der Waals surface area contributed by atoms with Gasteiger partial charge >= 0.3 is 0 Å². The molecule has 0 fully saturated rings. The third-order valence-electron chi connectivity index (χ3n) is 7.34. The number of nitrogens with zero attached hydrogens (tertiary/aromatic N) is 3. The van der Waals surface area contributed by atoms with Gasteiger partial charge in [0.1, 0.15) is 0 Å². The second kappa shape index (κ2) is 8.37. The van der Waals surface area contributed by atoms with Crippen LogP contribution in [0.4, 0.5) is 0 Å². The standard InChI is InChI=1S/C34H21N3S/c1-2-8-22(9-3-1)23-14-16-24(17-15-23)25-20-35-34(36-21-25)37-29-12-6-4-11-28(29)32-30(37)19-18-27-26-10-5-7-13-31(26)38-33(27)32/h1-21H. The van der Waals surface area contributed by atoms with Crippen LogP contribution in [0.2, 0.25) is 0 Å². The van der Waals surface area contributed by atoms with E-state index in [9.17, 15) is 0 Å². The molecule has 0 aliphatic heterocycles. The van der Waals surface area contributed by atoms with Crippen LogP contribution in [-0.4, -0.2) is 14.5 Å². The molecule has 0 aliphatic rings. The van der Waals surface area contributed by atoms with Gasteiger partial charge in [-0.05, 0) is 34.9 Å². The van der Waals surface area contributed by atoms with Crippen molar-refractivity contribution < 1.29 is 0 Å². The van der Waals surface area contributed by atoms with Crippen LogP contribution in [0.5, 0.6) is 0 Å². The maximum atomic E-state index is 4.86. The maximum absolute atomic E-state index is 4.86. The van der Waals surface area contributed by atoms with Crippen LogP contribution in [-0.2, 0) is 0 Å². The molecular formula is C34H21N3S. The summed E-state index contributed by atoms with van der Waals surface area (Å²) in [5, 5.41) is 5.11. The highest BCUT2D eigenvalue weighted by Gasteiger charge is 2.18. The molecule has 8 rings (SSSR count). The molecule has 5 aromatic carbocycles. The molecule has 0 saturated carbocycles. The van der Waals surface area contributed by atoms with E-state index in [1.165, 1.54) is 42.1 Å². The lowest BCUT2D eigenvalue weighted by atomic mass is 10.0. The topological polar surface area (TPSA) is 30.7 Å². The van der Waals surface area contributed by atoms with E-state index in [1.807, 2.05) is 29.8 Å². The molecule has 3 aromatic heterocycles. The van der Waals surface area contributed by atoms with Crippen LogP contribution in [0.25, 0.3) is 70.2 Å². The second-order valence-corrected chi connectivity index (χ2v) is 10.6. The minimum atomic E-state index is 0.682. The molecule has 0 unspecified atom stereocenters. The zero-order chi connectivity index (χ0) is 25.1. The smallest absolute Gasteiger partial charge is 0.234 e. The molecule has 0 spiro atoms. The summed E-state index contributed by atoms with van der Waals surface area (Å²) in [7, 11) is 0. The van der Waals surface area contributed by atoms with Crippen LogP contribution in [0.15, 0.2) is 128 Å². The van der Waals surface area contributed by atoms with Gasteiger partial charge in [0, 0.05) is 48.9 Å². The Kier molecular flexibility index (Phi) is 4.69. The summed E-state index contributed by atoms with van der Waals surface area (Å²) < 4.78 is 4.82. The highest BCUT2D eigenvalue weighted by atomic mass is 32.1. The van der Waals surface area contributed by atoms with E-state index in [1.54, 1.807) is 0 Å². The summed E-state index contributed by atoms with van der Waals surface area (Å²) in [6.45, 7) is 0. The first-order valence-corrected chi connectivity index (χ1v) is 13.5. The Morgan fingerprint density at radius 2 is 1.11 bits per heavy atom. The molecule has 4 heteroatoms. The van der Waals surface area contributed by atoms with Crippen LogP contribution in [0, 0.1) is 0 Å². The number of hydrogen-bond donors (Lipinski definition) is 0. The largest absolute Gasteiger partial charge is 0.278 e. The lowest BCUT2D eigenvalue weighted by Gasteiger charge is -2.08. The van der Waals surface area contributed by atoms with Crippen LogP contribution < -0.4 is 0 Å². The maximum Gasteiger partial charge on any atom is 0.234 e. The fourth-order valence-corrected chi connectivity index (χ4v) is 6.78. The number of hydrogen-bond acceptors (Lipinski definition) is 3. The van der Waals surface area contributed by atoms with Crippen molar-refractivity contribution in [1.82, 2.24) is 14.5 Å². The number of benzene rings is 5. The van der Waals surface area contributed by atoms with Gasteiger partial charge in [-0.15, -0.1) is 11.3 Å². The Morgan fingerprint density at radius 3 is 1.89 bits per heavy atom. The Hall–Kier alpha value is -4.80. The average molecular weight is 504 g/mol. The number of aromatic nitrogens is 3. The Morgan fingerprint density at radius 1 is 0.474 bits per heavy atom. The Labute approximate surface area is 223 Å². The third kappa shape index (κ3) is 3.21. The fraction of sp³-hybridized carbons (Fsp3) is 0. The predicted octanol–water partition coefficient (Wildman–Crippen LogP) is 9.28. The highest BCUT2D eigenvalue weighted by Crippen LogP contribution is 2.42. The summed E-state index contributed by atoms with van der Waals surface area (Å²) in [6, 6.07) is 40.7. The van der Waals surface area contributed by atoms with Crippen molar-refractivity contribution in [2.24, 2.45) is 0 Å². The highest BCUT2D eigenvalue weighted by molar-refractivity contribution is 7.26. The molecule has 38 heavy (non-hydrogen) atoms. The first-order chi connectivity index (χ1) is 18.8. The average Bonchev–Trinajstić information content (AvgIpc) is 3.54. The summed E-state index contributed by atoms with van der Waals surface area (Å²) in [6.07, 6.45) is 3.86. The molecule has 0 amide bonds. The molecule has 3 heterocycles. The van der Waals surface area contributed by atoms with Gasteiger partial charge in [0.25, 0.3) is 0 Å². The van der Waals surface area contributed by atoms with Crippen molar-refractivity contribution >= 4 is 53.3 Å². The fourth-order valence-electron chi connectivity index (χ4n) is 5.52. The summed E-state index contributed by atoms with van der Waals surface area (Å²) in [4.78, 5) is 9.71. The van der Waals surface area contributed by atoms with Gasteiger partial charge in [0.2, 0.25) is 5.95 Å². The lowest BCUT2D eigenvalue weighted by molar-refractivity contribution is 0.990. The minimum absolute atomic E-state index is 0.682. The van der Waals surface area contributed by atoms with Gasteiger partial charge in [0.05, 0.1) is 11.0 Å². The number of rotatable bonds is 3. The van der Waals surface area contributed by atoms with Crippen LogP contribution in [0.3, 0.4) is 0 Å². The van der Waals surface area contributed by atoms with Gasteiger partial charge < -0.3 is 0 Å². The number of thiophene rings is 1. The molecular weight excluding hydrogens is 482 g/mol. The summed E-state index contributed by atoms with van der Waals surface area (Å²) in [5.41, 5.74) is 6.76. The van der Waals surface area contributed by atoms with Crippen molar-refractivity contribution in [3.8, 4) is 28.2 Å². The Balaban J connectivity index is 1.26. The molecule has 3 nitrogen and oxygen atoms in total. The van der Waals surface area contributed by atoms with Crippen molar-refractivity contribution in [3.63, 3.8) is 0 Å². The van der Waals surface area contributed by atoms with E-state index in [2.05, 4.69) is 114 Å². The van der Waals surface area contributed by atoms with Crippen molar-refractivity contribution in [3.05, 3.63) is 128 Å². The van der Waals surface area contributed by atoms with Crippen LogP contribution in [0.1, 0.15) is 0 Å². The van der Waals surface area contributed by atoms with E-state index in [-0.39, 0.29) is 0 Å². The third-order valence-corrected chi connectivity index (χ3v) is 8.55. The second-order valence-electron chi connectivity index (χ2n) is 9.50. The lowest BCUT2D eigenvalue weighted by Crippen LogP contribution is -2.00. The van der Waals surface area contributed by atoms with E-state index in [4.69, 9.17) is 9.97 Å². The molecule has 0 aliphatic carbocycles. The van der Waals surface area contributed by atoms with Gasteiger partial charge in [0.15, 0.2) is 0 Å². The molecule has 0 radical (unpaired) electrons. The molecule has 8 aromatic rings. The van der Waals surface area contributed by atoms with E-state index < -0.39 is 0 Å². The number of fused-ring (bicyclic) bond motifs is 7. The van der Waals surface area contributed by atoms with Crippen molar-refractivity contribution in [2.75, 3.05) is 0 Å². The Bertz CT molecular complexity index is 2100. The van der Waals surface area contributed by atoms with E-state index in [0.29, 0.717) is 5.95 Å². The van der Waals surface area contributed by atoms with Gasteiger partial charge in [-0.25, -0.2) is 9.97 Å². The normalized spacial score (nSPS) is 11.7. The van der Waals surface area contributed by atoms with Crippen molar-refractivity contribution in [2.45, 2.75) is 0 Å². The van der Waals surface area contributed by atoms with E-state index >= 15 is 0 Å². The van der Waals surface area contributed by atoms with Gasteiger partial charge in [-0.3, -0.25) is 4.57 Å². The monoisotopic (exact) mass is 503 g/mol. The molecule has 0 bridgehead atoms. The van der Waals surface area contributed by atoms with Gasteiger partial charge in [-0.2, -0.15) is 0 Å². The summed E-state index contributed by atoms with van der Waals surface area (Å²) in [5.74, 6) is 0.682. The first-order valence-electron chi connectivity index (χ1n) is 12.7. The quantitative estimate of drug-likeness (QED) is 0.240. The first kappa shape index (κ1) is 21.3. The number of para-hydroxylation sites is 1. The molecule has 0 atom stereocenters. The van der Waals surface area contributed by atoms with Crippen molar-refractivity contribution in [1.29, 1.82) is 0 Å². The minimum Gasteiger partial charge on any atom is -0.278 e. The van der Waals surface area contributed by atoms with E-state index in [0.717, 1.165) is 22.2 Å². The molecule has 0 N–H and O–H groups in total. The SMILES string of the molecule is c1ccc(-c2ccc(-c3cnc(-n4c5ccccc5c5c6sc7ccccc7c6ccc54)nc3)cc2)cc1.